The number of carbonyl (C=O) groups is 2. The summed E-state index contributed by atoms with van der Waals surface area (Å²) in [7, 11) is 0. The molecular formula is C17H25NO5. The van der Waals surface area contributed by atoms with Gasteiger partial charge in [-0.3, -0.25) is 0 Å². The molecule has 0 radical (unpaired) electrons. The number of alkyl carbamates (subject to hydrolysis) is 1. The topological polar surface area (TPSA) is 84.9 Å². The first-order valence-electron chi connectivity index (χ1n) is 7.52. The molecule has 1 rings (SSSR count). The van der Waals surface area contributed by atoms with Crippen molar-refractivity contribution < 1.29 is 24.2 Å². The molecule has 0 spiro atoms. The van der Waals surface area contributed by atoms with Crippen molar-refractivity contribution in [3.63, 3.8) is 0 Å². The minimum absolute atomic E-state index is 0.0889. The molecule has 0 saturated carbocycles. The van der Waals surface area contributed by atoms with Gasteiger partial charge in [-0.15, -0.1) is 0 Å². The Labute approximate surface area is 136 Å². The zero-order valence-corrected chi connectivity index (χ0v) is 14.3. The summed E-state index contributed by atoms with van der Waals surface area (Å²) in [6, 6.07) is 6.50. The molecule has 0 aliphatic heterocycles. The summed E-state index contributed by atoms with van der Waals surface area (Å²) in [4.78, 5) is 24.4. The lowest BCUT2D eigenvalue weighted by Crippen LogP contribution is -2.55. The Morgan fingerprint density at radius 3 is 2.39 bits per heavy atom. The first-order chi connectivity index (χ1) is 10.6. The largest absolute Gasteiger partial charge is 0.508 e. The Kier molecular flexibility index (Phi) is 6.01. The van der Waals surface area contributed by atoms with Gasteiger partial charge in [-0.05, 0) is 52.3 Å². The number of benzene rings is 1. The Bertz CT molecular complexity index is 564. The van der Waals surface area contributed by atoms with Crippen LogP contribution in [0, 0.1) is 0 Å². The molecule has 0 aliphatic rings. The molecule has 0 heterocycles. The summed E-state index contributed by atoms with van der Waals surface area (Å²) < 4.78 is 10.3. The number of aromatic hydroxyl groups is 1. The van der Waals surface area contributed by atoms with Crippen LogP contribution in [0.2, 0.25) is 0 Å². The summed E-state index contributed by atoms with van der Waals surface area (Å²) in [5, 5.41) is 12.1. The highest BCUT2D eigenvalue weighted by atomic mass is 16.6. The molecule has 0 aromatic heterocycles. The predicted molar refractivity (Wildman–Crippen MR) is 86.2 cm³/mol. The van der Waals surface area contributed by atoms with Crippen molar-refractivity contribution in [2.75, 3.05) is 6.61 Å². The van der Waals surface area contributed by atoms with Crippen molar-refractivity contribution in [1.82, 2.24) is 5.32 Å². The van der Waals surface area contributed by atoms with E-state index >= 15 is 0 Å². The van der Waals surface area contributed by atoms with Gasteiger partial charge in [0, 0.05) is 6.42 Å². The lowest BCUT2D eigenvalue weighted by atomic mass is 9.92. The second kappa shape index (κ2) is 7.35. The van der Waals surface area contributed by atoms with Crippen molar-refractivity contribution in [1.29, 1.82) is 0 Å². The van der Waals surface area contributed by atoms with Crippen molar-refractivity contribution in [3.05, 3.63) is 29.8 Å². The first kappa shape index (κ1) is 18.8. The number of phenolic OH excluding ortho intramolecular Hbond substituents is 1. The maximum absolute atomic E-state index is 12.3. The first-order valence-corrected chi connectivity index (χ1v) is 7.52. The SMILES string of the molecule is CCOC(=O)[C@](C)(Cc1cccc(O)c1)NC(=O)OC(C)(C)C. The third-order valence-corrected chi connectivity index (χ3v) is 2.97. The lowest BCUT2D eigenvalue weighted by Gasteiger charge is -2.30. The van der Waals surface area contributed by atoms with E-state index in [1.807, 2.05) is 0 Å². The van der Waals surface area contributed by atoms with Gasteiger partial charge in [0.25, 0.3) is 0 Å². The average Bonchev–Trinajstić information content (AvgIpc) is 2.36. The van der Waals surface area contributed by atoms with Gasteiger partial charge in [0.05, 0.1) is 6.61 Å². The van der Waals surface area contributed by atoms with E-state index in [-0.39, 0.29) is 18.8 Å². The third kappa shape index (κ3) is 6.18. The van der Waals surface area contributed by atoms with E-state index in [1.165, 1.54) is 12.1 Å². The van der Waals surface area contributed by atoms with Crippen LogP contribution in [-0.2, 0) is 20.7 Å². The normalized spacial score (nSPS) is 13.8. The van der Waals surface area contributed by atoms with Crippen molar-refractivity contribution in [2.24, 2.45) is 0 Å². The van der Waals surface area contributed by atoms with Crippen molar-refractivity contribution in [3.8, 4) is 5.75 Å². The van der Waals surface area contributed by atoms with Crippen LogP contribution in [0.3, 0.4) is 0 Å². The number of phenols is 1. The molecular weight excluding hydrogens is 298 g/mol. The molecule has 6 nitrogen and oxygen atoms in total. The van der Waals surface area contributed by atoms with Gasteiger partial charge in [-0.2, -0.15) is 0 Å². The zero-order chi connectivity index (χ0) is 17.7. The number of carbonyl (C=O) groups excluding carboxylic acids is 2. The van der Waals surface area contributed by atoms with Crippen LogP contribution in [0.15, 0.2) is 24.3 Å². The highest BCUT2D eigenvalue weighted by Crippen LogP contribution is 2.20. The molecule has 0 aliphatic carbocycles. The van der Waals surface area contributed by atoms with E-state index < -0.39 is 23.2 Å². The number of esters is 1. The van der Waals surface area contributed by atoms with Crippen LogP contribution in [0.5, 0.6) is 5.75 Å². The van der Waals surface area contributed by atoms with Gasteiger partial charge < -0.3 is 19.9 Å². The molecule has 0 bridgehead atoms. The second-order valence-electron chi connectivity index (χ2n) is 6.53. The number of rotatable bonds is 5. The molecule has 1 atom stereocenters. The van der Waals surface area contributed by atoms with Crippen LogP contribution in [0.4, 0.5) is 4.79 Å². The maximum atomic E-state index is 12.3. The van der Waals surface area contributed by atoms with Crippen molar-refractivity contribution >= 4 is 12.1 Å². The van der Waals surface area contributed by atoms with E-state index in [0.717, 1.165) is 0 Å². The van der Waals surface area contributed by atoms with Gasteiger partial charge in [-0.25, -0.2) is 9.59 Å². The fourth-order valence-corrected chi connectivity index (χ4v) is 2.06. The van der Waals surface area contributed by atoms with E-state index in [9.17, 15) is 14.7 Å². The molecule has 1 aromatic rings. The molecule has 128 valence electrons. The minimum Gasteiger partial charge on any atom is -0.508 e. The van der Waals surface area contributed by atoms with Gasteiger partial charge in [0.15, 0.2) is 0 Å². The highest BCUT2D eigenvalue weighted by molar-refractivity contribution is 5.85. The molecule has 1 amide bonds. The predicted octanol–water partition coefficient (Wildman–Crippen LogP) is 2.78. The van der Waals surface area contributed by atoms with Crippen LogP contribution in [0.25, 0.3) is 0 Å². The highest BCUT2D eigenvalue weighted by Gasteiger charge is 2.38. The van der Waals surface area contributed by atoms with E-state index in [2.05, 4.69) is 5.32 Å². The number of ether oxygens (including phenoxy) is 2. The summed E-state index contributed by atoms with van der Waals surface area (Å²) in [6.07, 6.45) is -0.535. The second-order valence-corrected chi connectivity index (χ2v) is 6.53. The van der Waals surface area contributed by atoms with Crippen molar-refractivity contribution in [2.45, 2.75) is 52.2 Å². The van der Waals surface area contributed by atoms with E-state index in [1.54, 1.807) is 46.8 Å². The molecule has 0 saturated heterocycles. The molecule has 6 heteroatoms. The lowest BCUT2D eigenvalue weighted by molar-refractivity contribution is -0.150. The van der Waals surface area contributed by atoms with Gasteiger partial charge in [0.2, 0.25) is 0 Å². The van der Waals surface area contributed by atoms with Crippen LogP contribution >= 0.6 is 0 Å². The average molecular weight is 323 g/mol. The smallest absolute Gasteiger partial charge is 0.408 e. The maximum Gasteiger partial charge on any atom is 0.408 e. The summed E-state index contributed by atoms with van der Waals surface area (Å²) in [5.74, 6) is -0.472. The third-order valence-electron chi connectivity index (χ3n) is 2.97. The van der Waals surface area contributed by atoms with E-state index in [0.29, 0.717) is 5.56 Å². The summed E-state index contributed by atoms with van der Waals surface area (Å²) in [5.41, 5.74) is -1.28. The van der Waals surface area contributed by atoms with E-state index in [4.69, 9.17) is 9.47 Å². The molecule has 23 heavy (non-hydrogen) atoms. The fraction of sp³-hybridized carbons (Fsp3) is 0.529. The summed E-state index contributed by atoms with van der Waals surface area (Å²) >= 11 is 0. The van der Waals surface area contributed by atoms with Gasteiger partial charge in [0.1, 0.15) is 16.9 Å². The van der Waals surface area contributed by atoms with Gasteiger partial charge in [-0.1, -0.05) is 12.1 Å². The molecule has 1 aromatic carbocycles. The minimum atomic E-state index is -1.30. The Morgan fingerprint density at radius 1 is 1.22 bits per heavy atom. The van der Waals surface area contributed by atoms with Crippen LogP contribution < -0.4 is 5.32 Å². The quantitative estimate of drug-likeness (QED) is 0.814. The summed E-state index contributed by atoms with van der Waals surface area (Å²) in [6.45, 7) is 8.68. The Morgan fingerprint density at radius 2 is 1.87 bits per heavy atom. The Hall–Kier alpha value is -2.24. The standard InChI is InChI=1S/C17H25NO5/c1-6-22-14(20)17(5,18-15(21)23-16(2,3)4)11-12-8-7-9-13(19)10-12/h7-10,19H,6,11H2,1-5H3,(H,18,21)/t17-/m0/s1. The number of hydrogen-bond acceptors (Lipinski definition) is 5. The van der Waals surface area contributed by atoms with Crippen LogP contribution in [-0.4, -0.2) is 34.9 Å². The molecule has 0 fully saturated rings. The number of hydrogen-bond donors (Lipinski definition) is 2. The molecule has 2 N–H and O–H groups in total. The Balaban J connectivity index is 2.98. The zero-order valence-electron chi connectivity index (χ0n) is 14.3. The van der Waals surface area contributed by atoms with Crippen LogP contribution in [0.1, 0.15) is 40.2 Å². The van der Waals surface area contributed by atoms with Gasteiger partial charge >= 0.3 is 12.1 Å². The fourth-order valence-electron chi connectivity index (χ4n) is 2.06. The number of amides is 1. The monoisotopic (exact) mass is 323 g/mol. The molecule has 0 unspecified atom stereocenters. The number of nitrogens with one attached hydrogen (secondary N) is 1.